The van der Waals surface area contributed by atoms with Gasteiger partial charge in [0, 0.05) is 49.8 Å². The number of benzene rings is 1. The molecule has 1 aromatic carbocycles. The number of carbonyl (C=O) groups is 1. The molecule has 1 amide bonds. The summed E-state index contributed by atoms with van der Waals surface area (Å²) >= 11 is 0. The maximum atomic E-state index is 13.3. The number of nitrogens with zero attached hydrogens (tertiary/aromatic N) is 4. The molecule has 7 heteroatoms. The summed E-state index contributed by atoms with van der Waals surface area (Å²) in [5, 5.41) is 14.1. The van der Waals surface area contributed by atoms with Crippen LogP contribution in [0.15, 0.2) is 59.4 Å². The molecule has 3 heterocycles. The lowest BCUT2D eigenvalue weighted by Crippen LogP contribution is -2.49. The first-order valence-electron chi connectivity index (χ1n) is 9.32. The molecule has 0 aliphatic carbocycles. The summed E-state index contributed by atoms with van der Waals surface area (Å²) in [6.07, 6.45) is 2.36. The lowest BCUT2D eigenvalue weighted by Gasteiger charge is -2.36. The summed E-state index contributed by atoms with van der Waals surface area (Å²) in [7, 11) is 0. The molecule has 1 fully saturated rings. The van der Waals surface area contributed by atoms with Crippen LogP contribution in [0.5, 0.6) is 0 Å². The van der Waals surface area contributed by atoms with Gasteiger partial charge in [0.05, 0.1) is 0 Å². The van der Waals surface area contributed by atoms with Crippen LogP contribution in [0, 0.1) is 0 Å². The minimum absolute atomic E-state index is 0.177. The average molecular weight is 378 g/mol. The molecule has 144 valence electrons. The number of aromatic nitrogens is 2. The van der Waals surface area contributed by atoms with Crippen molar-refractivity contribution in [2.75, 3.05) is 31.1 Å². The third-order valence-electron chi connectivity index (χ3n) is 4.93. The van der Waals surface area contributed by atoms with Crippen LogP contribution in [0.1, 0.15) is 29.1 Å². The predicted molar refractivity (Wildman–Crippen MR) is 105 cm³/mol. The van der Waals surface area contributed by atoms with E-state index in [0.717, 1.165) is 18.8 Å². The lowest BCUT2D eigenvalue weighted by atomic mass is 10.0. The lowest BCUT2D eigenvalue weighted by molar-refractivity contribution is 0.0735. The first-order chi connectivity index (χ1) is 13.6. The summed E-state index contributed by atoms with van der Waals surface area (Å²) in [4.78, 5) is 21.4. The standard InChI is InChI=1S/C21H22N4O3/c1-15(26)20-18(19(23-28-20)16-6-5-9-22-14-16)21(27)25-12-10-24(11-13-25)17-7-3-2-4-8-17/h2-9,14-15,26H,10-13H2,1H3/t15-/m0/s1. The van der Waals surface area contributed by atoms with Gasteiger partial charge in [-0.2, -0.15) is 0 Å². The van der Waals surface area contributed by atoms with Crippen LogP contribution >= 0.6 is 0 Å². The van der Waals surface area contributed by atoms with Crippen molar-refractivity contribution in [3.63, 3.8) is 0 Å². The molecule has 1 aliphatic heterocycles. The molecule has 0 radical (unpaired) electrons. The summed E-state index contributed by atoms with van der Waals surface area (Å²) in [6, 6.07) is 13.8. The third-order valence-corrected chi connectivity index (χ3v) is 4.93. The average Bonchev–Trinajstić information content (AvgIpc) is 3.20. The van der Waals surface area contributed by atoms with Gasteiger partial charge in [-0.15, -0.1) is 0 Å². The number of pyridine rings is 1. The molecule has 0 unspecified atom stereocenters. The van der Waals surface area contributed by atoms with Gasteiger partial charge in [0.1, 0.15) is 17.4 Å². The van der Waals surface area contributed by atoms with E-state index in [-0.39, 0.29) is 11.7 Å². The Hall–Kier alpha value is -3.19. The Balaban J connectivity index is 1.58. The monoisotopic (exact) mass is 378 g/mol. The van der Waals surface area contributed by atoms with Crippen molar-refractivity contribution in [1.82, 2.24) is 15.0 Å². The van der Waals surface area contributed by atoms with E-state index in [1.54, 1.807) is 30.3 Å². The van der Waals surface area contributed by atoms with Crippen molar-refractivity contribution >= 4 is 11.6 Å². The molecule has 0 spiro atoms. The number of aliphatic hydroxyl groups excluding tert-OH is 1. The number of aliphatic hydroxyl groups is 1. The van der Waals surface area contributed by atoms with E-state index in [2.05, 4.69) is 27.2 Å². The molecule has 7 nitrogen and oxygen atoms in total. The SMILES string of the molecule is C[C@H](O)c1onc(-c2cccnc2)c1C(=O)N1CCN(c2ccccc2)CC1. The van der Waals surface area contributed by atoms with Gasteiger partial charge in [0.25, 0.3) is 5.91 Å². The fraction of sp³-hybridized carbons (Fsp3) is 0.286. The number of anilines is 1. The van der Waals surface area contributed by atoms with Gasteiger partial charge < -0.3 is 19.4 Å². The van der Waals surface area contributed by atoms with Gasteiger partial charge in [0.15, 0.2) is 5.76 Å². The number of para-hydroxylation sites is 1. The fourth-order valence-electron chi connectivity index (χ4n) is 3.46. The second-order valence-corrected chi connectivity index (χ2v) is 6.80. The normalized spacial score (nSPS) is 15.5. The summed E-state index contributed by atoms with van der Waals surface area (Å²) in [6.45, 7) is 4.23. The third kappa shape index (κ3) is 3.48. The van der Waals surface area contributed by atoms with Gasteiger partial charge in [0.2, 0.25) is 0 Å². The van der Waals surface area contributed by atoms with Crippen LogP contribution in [0.25, 0.3) is 11.3 Å². The molecular weight excluding hydrogens is 356 g/mol. The number of hydrogen-bond donors (Lipinski definition) is 1. The largest absolute Gasteiger partial charge is 0.385 e. The summed E-state index contributed by atoms with van der Waals surface area (Å²) < 4.78 is 5.33. The summed E-state index contributed by atoms with van der Waals surface area (Å²) in [5.74, 6) is 0.0121. The second-order valence-electron chi connectivity index (χ2n) is 6.80. The Bertz CT molecular complexity index is 933. The van der Waals surface area contributed by atoms with E-state index in [1.165, 1.54) is 0 Å². The highest BCUT2D eigenvalue weighted by Crippen LogP contribution is 2.30. The Morgan fingerprint density at radius 1 is 1.11 bits per heavy atom. The Morgan fingerprint density at radius 3 is 2.50 bits per heavy atom. The van der Waals surface area contributed by atoms with Crippen molar-refractivity contribution in [3.05, 3.63) is 66.2 Å². The molecule has 2 aromatic heterocycles. The minimum Gasteiger partial charge on any atom is -0.385 e. The number of hydrogen-bond acceptors (Lipinski definition) is 6. The van der Waals surface area contributed by atoms with Gasteiger partial charge in [-0.1, -0.05) is 23.4 Å². The highest BCUT2D eigenvalue weighted by molar-refractivity contribution is 6.01. The number of carbonyl (C=O) groups excluding carboxylic acids is 1. The van der Waals surface area contributed by atoms with Gasteiger partial charge in [-0.05, 0) is 31.2 Å². The van der Waals surface area contributed by atoms with Gasteiger partial charge in [-0.25, -0.2) is 0 Å². The molecular formula is C21H22N4O3. The highest BCUT2D eigenvalue weighted by atomic mass is 16.5. The smallest absolute Gasteiger partial charge is 0.259 e. The van der Waals surface area contributed by atoms with E-state index in [9.17, 15) is 9.90 Å². The molecule has 1 N–H and O–H groups in total. The zero-order chi connectivity index (χ0) is 19.5. The maximum Gasteiger partial charge on any atom is 0.259 e. The molecule has 1 aliphatic rings. The zero-order valence-corrected chi connectivity index (χ0v) is 15.7. The topological polar surface area (TPSA) is 82.7 Å². The molecule has 0 bridgehead atoms. The number of amides is 1. The van der Waals surface area contributed by atoms with Gasteiger partial charge in [-0.3, -0.25) is 9.78 Å². The van der Waals surface area contributed by atoms with E-state index >= 15 is 0 Å². The molecule has 0 saturated carbocycles. The Labute approximate surface area is 163 Å². The van der Waals surface area contributed by atoms with Crippen LogP contribution in [0.4, 0.5) is 5.69 Å². The predicted octanol–water partition coefficient (Wildman–Crippen LogP) is 2.75. The van der Waals surface area contributed by atoms with Crippen molar-refractivity contribution in [1.29, 1.82) is 0 Å². The molecule has 28 heavy (non-hydrogen) atoms. The van der Waals surface area contributed by atoms with Crippen molar-refractivity contribution in [3.8, 4) is 11.3 Å². The van der Waals surface area contributed by atoms with E-state index < -0.39 is 6.10 Å². The molecule has 4 rings (SSSR count). The highest BCUT2D eigenvalue weighted by Gasteiger charge is 2.31. The number of rotatable bonds is 4. The van der Waals surface area contributed by atoms with Crippen LogP contribution in [-0.2, 0) is 0 Å². The first kappa shape index (κ1) is 18.2. The Kier molecular flexibility index (Phi) is 5.08. The summed E-state index contributed by atoms with van der Waals surface area (Å²) in [5.41, 5.74) is 2.57. The van der Waals surface area contributed by atoms with Crippen molar-refractivity contribution in [2.45, 2.75) is 13.0 Å². The Morgan fingerprint density at radius 2 is 1.86 bits per heavy atom. The fourth-order valence-corrected chi connectivity index (χ4v) is 3.46. The number of piperazine rings is 1. The van der Waals surface area contributed by atoms with Gasteiger partial charge >= 0.3 is 0 Å². The molecule has 1 saturated heterocycles. The second kappa shape index (κ2) is 7.82. The van der Waals surface area contributed by atoms with Crippen molar-refractivity contribution in [2.24, 2.45) is 0 Å². The van der Waals surface area contributed by atoms with Crippen LogP contribution < -0.4 is 4.90 Å². The van der Waals surface area contributed by atoms with E-state index in [0.29, 0.717) is 29.9 Å². The molecule has 3 aromatic rings. The zero-order valence-electron chi connectivity index (χ0n) is 15.7. The minimum atomic E-state index is -0.928. The van der Waals surface area contributed by atoms with Crippen LogP contribution in [0.3, 0.4) is 0 Å². The van der Waals surface area contributed by atoms with Crippen molar-refractivity contribution < 1.29 is 14.4 Å². The van der Waals surface area contributed by atoms with E-state index in [4.69, 9.17) is 4.52 Å². The maximum absolute atomic E-state index is 13.3. The first-order valence-corrected chi connectivity index (χ1v) is 9.32. The van der Waals surface area contributed by atoms with Crippen LogP contribution in [-0.4, -0.2) is 52.2 Å². The quantitative estimate of drug-likeness (QED) is 0.752. The molecule has 1 atom stereocenters. The van der Waals surface area contributed by atoms with Crippen LogP contribution in [0.2, 0.25) is 0 Å². The van der Waals surface area contributed by atoms with E-state index in [1.807, 2.05) is 24.3 Å².